The lowest BCUT2D eigenvalue weighted by Gasteiger charge is -2.16. The standard InChI is InChI=1S/C19H22FNO3/c1-4-16(14-6-8-15(20)9-7-14)19(22)21-12-13-5-10-17(23-2)18(11-13)24-3/h5-11,16H,4,12H2,1-3H3,(H,21,22). The highest BCUT2D eigenvalue weighted by atomic mass is 19.1. The van der Waals surface area contributed by atoms with E-state index in [1.54, 1.807) is 32.4 Å². The molecule has 1 amide bonds. The van der Waals surface area contributed by atoms with Gasteiger partial charge in [0.1, 0.15) is 5.82 Å². The molecule has 2 aromatic rings. The summed E-state index contributed by atoms with van der Waals surface area (Å²) in [6.07, 6.45) is 0.642. The number of carbonyl (C=O) groups is 1. The number of benzene rings is 2. The van der Waals surface area contributed by atoms with E-state index in [2.05, 4.69) is 5.32 Å². The number of halogens is 1. The summed E-state index contributed by atoms with van der Waals surface area (Å²) in [5, 5.41) is 2.92. The molecular formula is C19H22FNO3. The van der Waals surface area contributed by atoms with Crippen LogP contribution < -0.4 is 14.8 Å². The van der Waals surface area contributed by atoms with Gasteiger partial charge in [0.05, 0.1) is 20.1 Å². The van der Waals surface area contributed by atoms with Crippen LogP contribution in [0.25, 0.3) is 0 Å². The van der Waals surface area contributed by atoms with Crippen molar-refractivity contribution in [3.05, 3.63) is 59.4 Å². The lowest BCUT2D eigenvalue weighted by atomic mass is 9.95. The molecule has 0 aliphatic heterocycles. The fourth-order valence-corrected chi connectivity index (χ4v) is 2.57. The molecular weight excluding hydrogens is 309 g/mol. The normalized spacial score (nSPS) is 11.7. The second-order valence-electron chi connectivity index (χ2n) is 5.42. The smallest absolute Gasteiger partial charge is 0.227 e. The van der Waals surface area contributed by atoms with E-state index in [4.69, 9.17) is 9.47 Å². The molecule has 1 unspecified atom stereocenters. The summed E-state index contributed by atoms with van der Waals surface area (Å²) in [5.74, 6) is 0.573. The third-order valence-corrected chi connectivity index (χ3v) is 3.91. The van der Waals surface area contributed by atoms with Crippen molar-refractivity contribution >= 4 is 5.91 Å². The molecule has 0 aliphatic carbocycles. The lowest BCUT2D eigenvalue weighted by molar-refractivity contribution is -0.122. The van der Waals surface area contributed by atoms with Gasteiger partial charge in [0.15, 0.2) is 11.5 Å². The molecule has 0 bridgehead atoms. The maximum atomic E-state index is 13.0. The Morgan fingerprint density at radius 2 is 1.75 bits per heavy atom. The van der Waals surface area contributed by atoms with E-state index >= 15 is 0 Å². The maximum Gasteiger partial charge on any atom is 0.227 e. The molecule has 128 valence electrons. The van der Waals surface area contributed by atoms with Crippen molar-refractivity contribution < 1.29 is 18.7 Å². The van der Waals surface area contributed by atoms with Crippen LogP contribution in [0.2, 0.25) is 0 Å². The minimum absolute atomic E-state index is 0.0844. The highest BCUT2D eigenvalue weighted by Gasteiger charge is 2.18. The molecule has 0 aromatic heterocycles. The summed E-state index contributed by atoms with van der Waals surface area (Å²) in [6, 6.07) is 11.6. The van der Waals surface area contributed by atoms with Crippen LogP contribution in [-0.2, 0) is 11.3 Å². The van der Waals surface area contributed by atoms with E-state index in [0.29, 0.717) is 24.5 Å². The summed E-state index contributed by atoms with van der Waals surface area (Å²) in [7, 11) is 3.15. The molecule has 1 N–H and O–H groups in total. The predicted octanol–water partition coefficient (Wildman–Crippen LogP) is 3.65. The highest BCUT2D eigenvalue weighted by Crippen LogP contribution is 2.27. The van der Waals surface area contributed by atoms with Gasteiger partial charge < -0.3 is 14.8 Å². The Morgan fingerprint density at radius 1 is 1.08 bits per heavy atom. The average molecular weight is 331 g/mol. The van der Waals surface area contributed by atoms with Crippen molar-refractivity contribution in [2.45, 2.75) is 25.8 Å². The fraction of sp³-hybridized carbons (Fsp3) is 0.316. The van der Waals surface area contributed by atoms with Crippen molar-refractivity contribution in [2.75, 3.05) is 14.2 Å². The van der Waals surface area contributed by atoms with E-state index in [-0.39, 0.29) is 17.6 Å². The second kappa shape index (κ2) is 8.34. The first kappa shape index (κ1) is 17.8. The minimum atomic E-state index is -0.306. The Labute approximate surface area is 141 Å². The number of amides is 1. The number of carbonyl (C=O) groups excluding carboxylic acids is 1. The van der Waals surface area contributed by atoms with Gasteiger partial charge in [-0.2, -0.15) is 0 Å². The third kappa shape index (κ3) is 4.25. The zero-order chi connectivity index (χ0) is 17.5. The van der Waals surface area contributed by atoms with E-state index in [9.17, 15) is 9.18 Å². The summed E-state index contributed by atoms with van der Waals surface area (Å²) in [5.41, 5.74) is 1.72. The van der Waals surface area contributed by atoms with E-state index in [1.165, 1.54) is 12.1 Å². The van der Waals surface area contributed by atoms with Crippen LogP contribution in [0.3, 0.4) is 0 Å². The number of rotatable bonds is 7. The third-order valence-electron chi connectivity index (χ3n) is 3.91. The van der Waals surface area contributed by atoms with Crippen LogP contribution in [0, 0.1) is 5.82 Å². The van der Waals surface area contributed by atoms with Crippen molar-refractivity contribution in [3.63, 3.8) is 0 Å². The van der Waals surface area contributed by atoms with Crippen LogP contribution >= 0.6 is 0 Å². The van der Waals surface area contributed by atoms with Gasteiger partial charge in [0, 0.05) is 6.54 Å². The van der Waals surface area contributed by atoms with Crippen LogP contribution in [0.1, 0.15) is 30.4 Å². The van der Waals surface area contributed by atoms with E-state index in [0.717, 1.165) is 11.1 Å². The molecule has 0 radical (unpaired) electrons. The first-order chi connectivity index (χ1) is 11.6. The van der Waals surface area contributed by atoms with Gasteiger partial charge in [-0.1, -0.05) is 25.1 Å². The van der Waals surface area contributed by atoms with E-state index < -0.39 is 0 Å². The van der Waals surface area contributed by atoms with Gasteiger partial charge >= 0.3 is 0 Å². The summed E-state index contributed by atoms with van der Waals surface area (Å²) in [4.78, 5) is 12.4. The first-order valence-corrected chi connectivity index (χ1v) is 7.83. The Hall–Kier alpha value is -2.56. The molecule has 0 fully saturated rings. The van der Waals surface area contributed by atoms with Gasteiger partial charge in [-0.05, 0) is 41.8 Å². The molecule has 0 saturated carbocycles. The second-order valence-corrected chi connectivity index (χ2v) is 5.42. The number of nitrogens with one attached hydrogen (secondary N) is 1. The molecule has 24 heavy (non-hydrogen) atoms. The highest BCUT2D eigenvalue weighted by molar-refractivity contribution is 5.83. The number of hydrogen-bond acceptors (Lipinski definition) is 3. The summed E-state index contributed by atoms with van der Waals surface area (Å²) in [6.45, 7) is 2.32. The van der Waals surface area contributed by atoms with Crippen molar-refractivity contribution in [1.82, 2.24) is 5.32 Å². The minimum Gasteiger partial charge on any atom is -0.493 e. The van der Waals surface area contributed by atoms with Gasteiger partial charge in [-0.3, -0.25) is 4.79 Å². The Morgan fingerprint density at radius 3 is 2.33 bits per heavy atom. The topological polar surface area (TPSA) is 47.6 Å². The molecule has 0 heterocycles. The number of methoxy groups -OCH3 is 2. The van der Waals surface area contributed by atoms with E-state index in [1.807, 2.05) is 19.1 Å². The number of ether oxygens (including phenoxy) is 2. The Kier molecular flexibility index (Phi) is 6.18. The largest absolute Gasteiger partial charge is 0.493 e. The zero-order valence-corrected chi connectivity index (χ0v) is 14.1. The maximum absolute atomic E-state index is 13.0. The average Bonchev–Trinajstić information content (AvgIpc) is 2.61. The summed E-state index contributed by atoms with van der Waals surface area (Å²) >= 11 is 0. The molecule has 0 spiro atoms. The number of hydrogen-bond donors (Lipinski definition) is 1. The quantitative estimate of drug-likeness (QED) is 0.842. The van der Waals surface area contributed by atoms with Gasteiger partial charge in [0.25, 0.3) is 0 Å². The molecule has 5 heteroatoms. The Balaban J connectivity index is 2.04. The first-order valence-electron chi connectivity index (χ1n) is 7.83. The van der Waals surface area contributed by atoms with Crippen molar-refractivity contribution in [2.24, 2.45) is 0 Å². The van der Waals surface area contributed by atoms with Crippen molar-refractivity contribution in [1.29, 1.82) is 0 Å². The summed E-state index contributed by atoms with van der Waals surface area (Å²) < 4.78 is 23.5. The zero-order valence-electron chi connectivity index (χ0n) is 14.1. The Bertz CT molecular complexity index is 686. The van der Waals surface area contributed by atoms with Crippen LogP contribution in [0.5, 0.6) is 11.5 Å². The molecule has 0 saturated heterocycles. The molecule has 2 rings (SSSR count). The molecule has 2 aromatic carbocycles. The molecule has 1 atom stereocenters. The SMILES string of the molecule is CCC(C(=O)NCc1ccc(OC)c(OC)c1)c1ccc(F)cc1. The van der Waals surface area contributed by atoms with Gasteiger partial charge in [-0.15, -0.1) is 0 Å². The van der Waals surface area contributed by atoms with Gasteiger partial charge in [-0.25, -0.2) is 4.39 Å². The van der Waals surface area contributed by atoms with Crippen LogP contribution in [0.15, 0.2) is 42.5 Å². The fourth-order valence-electron chi connectivity index (χ4n) is 2.57. The molecule has 0 aliphatic rings. The predicted molar refractivity (Wildman–Crippen MR) is 90.8 cm³/mol. The van der Waals surface area contributed by atoms with Crippen molar-refractivity contribution in [3.8, 4) is 11.5 Å². The molecule has 4 nitrogen and oxygen atoms in total. The van der Waals surface area contributed by atoms with Gasteiger partial charge in [0.2, 0.25) is 5.91 Å². The lowest BCUT2D eigenvalue weighted by Crippen LogP contribution is -2.28. The monoisotopic (exact) mass is 331 g/mol. The van der Waals surface area contributed by atoms with Crippen LogP contribution in [0.4, 0.5) is 4.39 Å². The van der Waals surface area contributed by atoms with Crippen LogP contribution in [-0.4, -0.2) is 20.1 Å².